The average Bonchev–Trinajstić information content (AvgIpc) is 2.46. The van der Waals surface area contributed by atoms with Crippen molar-refractivity contribution < 1.29 is 9.90 Å². The van der Waals surface area contributed by atoms with Gasteiger partial charge in [0.25, 0.3) is 0 Å². The van der Waals surface area contributed by atoms with Gasteiger partial charge >= 0.3 is 0 Å². The van der Waals surface area contributed by atoms with Crippen molar-refractivity contribution in [2.75, 3.05) is 6.54 Å². The van der Waals surface area contributed by atoms with Gasteiger partial charge in [0.15, 0.2) is 0 Å². The summed E-state index contributed by atoms with van der Waals surface area (Å²) in [5, 5.41) is 13.1. The minimum atomic E-state index is -0.746. The number of nitrogens with one attached hydrogen (secondary N) is 1. The molecule has 4 N–H and O–H groups in total. The number of hydrogen-bond donors (Lipinski definition) is 3. The van der Waals surface area contributed by atoms with E-state index in [9.17, 15) is 9.90 Å². The lowest BCUT2D eigenvalue weighted by Crippen LogP contribution is -2.46. The maximum atomic E-state index is 12.0. The van der Waals surface area contributed by atoms with E-state index in [0.29, 0.717) is 6.54 Å². The van der Waals surface area contributed by atoms with E-state index in [4.69, 9.17) is 5.73 Å². The number of amides is 1. The van der Waals surface area contributed by atoms with Crippen molar-refractivity contribution in [3.63, 3.8) is 0 Å². The molecule has 1 amide bonds. The van der Waals surface area contributed by atoms with Crippen LogP contribution in [0.3, 0.4) is 0 Å². The van der Waals surface area contributed by atoms with Crippen molar-refractivity contribution >= 4 is 5.91 Å². The van der Waals surface area contributed by atoms with Crippen molar-refractivity contribution in [2.45, 2.75) is 43.7 Å². The predicted molar refractivity (Wildman–Crippen MR) is 74.4 cm³/mol. The summed E-state index contributed by atoms with van der Waals surface area (Å²) in [5.74, 6) is -0.231. The standard InChI is InChI=1S/C15H22N2O2/c16-13(12-7-3-1-4-8-12)14(18)17-11-15(19)9-5-2-6-10-15/h1,3-4,7-8,13,19H,2,5-6,9-11,16H2,(H,17,18)/t13-/m0/s1. The molecule has 0 aliphatic heterocycles. The first-order valence-corrected chi connectivity index (χ1v) is 6.91. The van der Waals surface area contributed by atoms with E-state index in [1.165, 1.54) is 6.42 Å². The highest BCUT2D eigenvalue weighted by Gasteiger charge is 2.30. The second-order valence-electron chi connectivity index (χ2n) is 5.39. The van der Waals surface area contributed by atoms with Crippen LogP contribution in [0.15, 0.2) is 30.3 Å². The van der Waals surface area contributed by atoms with Gasteiger partial charge in [0, 0.05) is 6.54 Å². The largest absolute Gasteiger partial charge is 0.388 e. The molecule has 0 aromatic heterocycles. The number of aliphatic hydroxyl groups is 1. The highest BCUT2D eigenvalue weighted by molar-refractivity contribution is 5.82. The van der Waals surface area contributed by atoms with Gasteiger partial charge in [-0.25, -0.2) is 0 Å². The van der Waals surface area contributed by atoms with E-state index in [1.807, 2.05) is 30.3 Å². The Labute approximate surface area is 114 Å². The van der Waals surface area contributed by atoms with Gasteiger partial charge < -0.3 is 16.2 Å². The monoisotopic (exact) mass is 262 g/mol. The van der Waals surface area contributed by atoms with Gasteiger partial charge in [0.1, 0.15) is 6.04 Å². The molecule has 0 saturated heterocycles. The highest BCUT2D eigenvalue weighted by Crippen LogP contribution is 2.27. The maximum absolute atomic E-state index is 12.0. The number of nitrogens with two attached hydrogens (primary N) is 1. The molecule has 2 rings (SSSR count). The van der Waals surface area contributed by atoms with Crippen LogP contribution < -0.4 is 11.1 Å². The molecule has 0 unspecified atom stereocenters. The van der Waals surface area contributed by atoms with Crippen LogP contribution in [0, 0.1) is 0 Å². The molecular formula is C15H22N2O2. The third-order valence-corrected chi connectivity index (χ3v) is 3.82. The molecule has 4 heteroatoms. The summed E-state index contributed by atoms with van der Waals surface area (Å²) in [7, 11) is 0. The van der Waals surface area contributed by atoms with E-state index in [-0.39, 0.29) is 5.91 Å². The number of carbonyl (C=O) groups is 1. The first-order chi connectivity index (χ1) is 9.11. The predicted octanol–water partition coefficient (Wildman–Crippen LogP) is 1.50. The van der Waals surface area contributed by atoms with Gasteiger partial charge in [0.2, 0.25) is 5.91 Å². The highest BCUT2D eigenvalue weighted by atomic mass is 16.3. The summed E-state index contributed by atoms with van der Waals surface area (Å²) in [5.41, 5.74) is 5.95. The lowest BCUT2D eigenvalue weighted by Gasteiger charge is -2.32. The third-order valence-electron chi connectivity index (χ3n) is 3.82. The molecule has 0 spiro atoms. The van der Waals surface area contributed by atoms with Gasteiger partial charge in [-0.1, -0.05) is 49.6 Å². The van der Waals surface area contributed by atoms with E-state index in [0.717, 1.165) is 31.2 Å². The van der Waals surface area contributed by atoms with Gasteiger partial charge in [-0.05, 0) is 18.4 Å². The second kappa shape index (κ2) is 6.17. The fourth-order valence-electron chi connectivity index (χ4n) is 2.56. The number of rotatable bonds is 4. The van der Waals surface area contributed by atoms with Crippen LogP contribution in [0.2, 0.25) is 0 Å². The molecule has 1 fully saturated rings. The van der Waals surface area contributed by atoms with Crippen molar-refractivity contribution in [1.82, 2.24) is 5.32 Å². The lowest BCUT2D eigenvalue weighted by molar-refractivity contribution is -0.124. The summed E-state index contributed by atoms with van der Waals surface area (Å²) in [6, 6.07) is 8.60. The van der Waals surface area contributed by atoms with Crippen molar-refractivity contribution in [2.24, 2.45) is 5.73 Å². The summed E-state index contributed by atoms with van der Waals surface area (Å²) in [6.45, 7) is 0.298. The van der Waals surface area contributed by atoms with Crippen LogP contribution in [0.25, 0.3) is 0 Å². The lowest BCUT2D eigenvalue weighted by atomic mass is 9.85. The summed E-state index contributed by atoms with van der Waals surface area (Å²) < 4.78 is 0. The molecule has 1 aromatic rings. The maximum Gasteiger partial charge on any atom is 0.241 e. The van der Waals surface area contributed by atoms with Gasteiger partial charge in [-0.15, -0.1) is 0 Å². The van der Waals surface area contributed by atoms with Crippen LogP contribution in [0.4, 0.5) is 0 Å². The summed E-state index contributed by atoms with van der Waals surface area (Å²) in [4.78, 5) is 12.0. The van der Waals surface area contributed by atoms with E-state index in [2.05, 4.69) is 5.32 Å². The summed E-state index contributed by atoms with van der Waals surface area (Å²) in [6.07, 6.45) is 4.73. The number of benzene rings is 1. The Morgan fingerprint density at radius 3 is 2.53 bits per heavy atom. The Hall–Kier alpha value is -1.39. The molecular weight excluding hydrogens is 240 g/mol. The van der Waals surface area contributed by atoms with E-state index < -0.39 is 11.6 Å². The summed E-state index contributed by atoms with van der Waals surface area (Å²) >= 11 is 0. The van der Waals surface area contributed by atoms with Crippen LogP contribution >= 0.6 is 0 Å². The zero-order chi connectivity index (χ0) is 13.7. The van der Waals surface area contributed by atoms with Gasteiger partial charge in [0.05, 0.1) is 5.60 Å². The Morgan fingerprint density at radius 2 is 1.89 bits per heavy atom. The molecule has 0 bridgehead atoms. The molecule has 4 nitrogen and oxygen atoms in total. The van der Waals surface area contributed by atoms with Gasteiger partial charge in [-0.3, -0.25) is 4.79 Å². The number of carbonyl (C=O) groups excluding carboxylic acids is 1. The fourth-order valence-corrected chi connectivity index (χ4v) is 2.56. The third kappa shape index (κ3) is 3.78. The topological polar surface area (TPSA) is 75.4 Å². The molecule has 1 saturated carbocycles. The zero-order valence-electron chi connectivity index (χ0n) is 11.1. The molecule has 19 heavy (non-hydrogen) atoms. The fraction of sp³-hybridized carbons (Fsp3) is 0.533. The molecule has 0 heterocycles. The smallest absolute Gasteiger partial charge is 0.241 e. The van der Waals surface area contributed by atoms with Crippen LogP contribution in [0.5, 0.6) is 0 Å². The van der Waals surface area contributed by atoms with E-state index >= 15 is 0 Å². The van der Waals surface area contributed by atoms with Gasteiger partial charge in [-0.2, -0.15) is 0 Å². The second-order valence-corrected chi connectivity index (χ2v) is 5.39. The van der Waals surface area contributed by atoms with Crippen molar-refractivity contribution in [3.8, 4) is 0 Å². The minimum absolute atomic E-state index is 0.231. The van der Waals surface area contributed by atoms with Crippen molar-refractivity contribution in [3.05, 3.63) is 35.9 Å². The number of hydrogen-bond acceptors (Lipinski definition) is 3. The first kappa shape index (κ1) is 14.0. The zero-order valence-corrected chi connectivity index (χ0v) is 11.1. The molecule has 1 aromatic carbocycles. The van der Waals surface area contributed by atoms with Crippen LogP contribution in [-0.4, -0.2) is 23.2 Å². The minimum Gasteiger partial charge on any atom is -0.388 e. The molecule has 0 radical (unpaired) electrons. The normalized spacial score (nSPS) is 19.7. The molecule has 1 atom stereocenters. The van der Waals surface area contributed by atoms with Crippen LogP contribution in [-0.2, 0) is 4.79 Å². The first-order valence-electron chi connectivity index (χ1n) is 6.91. The quantitative estimate of drug-likeness (QED) is 0.769. The Kier molecular flexibility index (Phi) is 4.56. The van der Waals surface area contributed by atoms with E-state index in [1.54, 1.807) is 0 Å². The Balaban J connectivity index is 1.87. The Morgan fingerprint density at radius 1 is 1.26 bits per heavy atom. The SMILES string of the molecule is N[C@H](C(=O)NCC1(O)CCCCC1)c1ccccc1. The molecule has 1 aliphatic carbocycles. The Bertz CT molecular complexity index is 413. The molecule has 104 valence electrons. The van der Waals surface area contributed by atoms with Crippen molar-refractivity contribution in [1.29, 1.82) is 0 Å². The molecule has 1 aliphatic rings. The average molecular weight is 262 g/mol. The van der Waals surface area contributed by atoms with Crippen LogP contribution in [0.1, 0.15) is 43.7 Å².